The molecule has 0 fully saturated rings. The molecular formula is C19H18FN3O3S. The predicted molar refractivity (Wildman–Crippen MR) is 100.0 cm³/mol. The van der Waals surface area contributed by atoms with Crippen LogP contribution in [0, 0.1) is 12.7 Å². The lowest BCUT2D eigenvalue weighted by molar-refractivity contribution is 0.0599. The molecule has 27 heavy (non-hydrogen) atoms. The van der Waals surface area contributed by atoms with Crippen LogP contribution < -0.4 is 0 Å². The van der Waals surface area contributed by atoms with E-state index in [-0.39, 0.29) is 5.56 Å². The highest BCUT2D eigenvalue weighted by molar-refractivity contribution is 7.98. The summed E-state index contributed by atoms with van der Waals surface area (Å²) >= 11 is 1.39. The number of carbonyl (C=O) groups is 1. The topological polar surface area (TPSA) is 70.2 Å². The highest BCUT2D eigenvalue weighted by Gasteiger charge is 2.18. The van der Waals surface area contributed by atoms with Crippen LogP contribution in [0.25, 0.3) is 11.4 Å². The fourth-order valence-corrected chi connectivity index (χ4v) is 3.57. The van der Waals surface area contributed by atoms with Crippen LogP contribution in [0.15, 0.2) is 52.8 Å². The lowest BCUT2D eigenvalue weighted by atomic mass is 10.1. The third-order valence-electron chi connectivity index (χ3n) is 3.96. The molecule has 0 unspecified atom stereocenters. The molecule has 0 N–H and O–H groups in total. The fourth-order valence-electron chi connectivity index (χ4n) is 2.62. The minimum Gasteiger partial charge on any atom is -0.469 e. The molecule has 3 aromatic rings. The van der Waals surface area contributed by atoms with Gasteiger partial charge in [0.15, 0.2) is 11.0 Å². The molecule has 0 aliphatic rings. The molecule has 0 saturated carbocycles. The number of esters is 1. The van der Waals surface area contributed by atoms with E-state index in [1.54, 1.807) is 18.4 Å². The number of carbonyl (C=O) groups excluding carboxylic acids is 1. The summed E-state index contributed by atoms with van der Waals surface area (Å²) in [6, 6.07) is 5.90. The number of allylic oxidation sites excluding steroid dienone is 1. The molecule has 0 saturated heterocycles. The zero-order valence-corrected chi connectivity index (χ0v) is 15.8. The minimum absolute atomic E-state index is 0.200. The molecule has 6 nitrogen and oxygen atoms in total. The van der Waals surface area contributed by atoms with E-state index in [9.17, 15) is 9.18 Å². The first kappa shape index (κ1) is 18.9. The van der Waals surface area contributed by atoms with E-state index in [0.29, 0.717) is 28.8 Å². The van der Waals surface area contributed by atoms with Gasteiger partial charge in [-0.05, 0) is 30.7 Å². The van der Waals surface area contributed by atoms with Crippen molar-refractivity contribution in [3.8, 4) is 11.4 Å². The van der Waals surface area contributed by atoms with Gasteiger partial charge in [-0.15, -0.1) is 16.8 Å². The number of hydrogen-bond acceptors (Lipinski definition) is 6. The molecule has 2 aromatic heterocycles. The van der Waals surface area contributed by atoms with E-state index in [0.717, 1.165) is 11.3 Å². The van der Waals surface area contributed by atoms with Gasteiger partial charge in [-0.3, -0.25) is 4.57 Å². The Balaban J connectivity index is 1.89. The number of benzene rings is 1. The van der Waals surface area contributed by atoms with Gasteiger partial charge in [0.25, 0.3) is 0 Å². The van der Waals surface area contributed by atoms with E-state index in [1.165, 1.54) is 31.0 Å². The molecule has 2 heterocycles. The number of methoxy groups -OCH3 is 1. The summed E-state index contributed by atoms with van der Waals surface area (Å²) in [5, 5.41) is 9.18. The minimum atomic E-state index is -0.577. The van der Waals surface area contributed by atoms with Crippen LogP contribution in [-0.2, 0) is 17.0 Å². The lowest BCUT2D eigenvalue weighted by Crippen LogP contribution is -2.06. The van der Waals surface area contributed by atoms with Crippen molar-refractivity contribution < 1.29 is 18.3 Å². The summed E-state index contributed by atoms with van der Waals surface area (Å²) in [6.07, 6.45) is 3.36. The van der Waals surface area contributed by atoms with Gasteiger partial charge in [-0.25, -0.2) is 9.18 Å². The van der Waals surface area contributed by atoms with Gasteiger partial charge in [-0.1, -0.05) is 23.9 Å². The van der Waals surface area contributed by atoms with Crippen molar-refractivity contribution in [2.24, 2.45) is 0 Å². The van der Waals surface area contributed by atoms with Gasteiger partial charge in [0.2, 0.25) is 0 Å². The number of aromatic nitrogens is 3. The summed E-state index contributed by atoms with van der Waals surface area (Å²) in [4.78, 5) is 11.9. The van der Waals surface area contributed by atoms with Crippen molar-refractivity contribution in [1.29, 1.82) is 0 Å². The standard InChI is InChI=1S/C19H18FN3O3S/c1-4-8-23-17(15-7-9-26-12(15)2)21-22-19(23)27-11-13-5-6-14(20)10-16(13)18(24)25-3/h4-7,9-10H,1,8,11H2,2-3H3. The summed E-state index contributed by atoms with van der Waals surface area (Å²) in [7, 11) is 1.27. The van der Waals surface area contributed by atoms with Crippen LogP contribution >= 0.6 is 11.8 Å². The van der Waals surface area contributed by atoms with Crippen LogP contribution in [0.3, 0.4) is 0 Å². The molecule has 8 heteroatoms. The Kier molecular flexibility index (Phi) is 5.75. The lowest BCUT2D eigenvalue weighted by Gasteiger charge is -2.09. The molecule has 0 aliphatic carbocycles. The normalized spacial score (nSPS) is 10.8. The first-order chi connectivity index (χ1) is 13.0. The van der Waals surface area contributed by atoms with Crippen molar-refractivity contribution in [3.05, 3.63) is 65.9 Å². The van der Waals surface area contributed by atoms with Gasteiger partial charge in [0.1, 0.15) is 11.6 Å². The number of nitrogens with zero attached hydrogens (tertiary/aromatic N) is 3. The SMILES string of the molecule is C=CCn1c(SCc2ccc(F)cc2C(=O)OC)nnc1-c1ccoc1C. The number of thioether (sulfide) groups is 1. The second-order valence-electron chi connectivity index (χ2n) is 5.68. The number of halogens is 1. The Morgan fingerprint density at radius 3 is 2.89 bits per heavy atom. The molecular weight excluding hydrogens is 369 g/mol. The molecule has 0 bridgehead atoms. The maximum absolute atomic E-state index is 13.5. The number of rotatable bonds is 7. The van der Waals surface area contributed by atoms with Crippen molar-refractivity contribution in [2.45, 2.75) is 24.4 Å². The molecule has 140 valence electrons. The van der Waals surface area contributed by atoms with Crippen LogP contribution in [0.5, 0.6) is 0 Å². The number of ether oxygens (including phenoxy) is 1. The summed E-state index contributed by atoms with van der Waals surface area (Å²) < 4.78 is 25.5. The van der Waals surface area contributed by atoms with Crippen molar-refractivity contribution in [1.82, 2.24) is 14.8 Å². The number of hydrogen-bond donors (Lipinski definition) is 0. The Labute approximate surface area is 160 Å². The smallest absolute Gasteiger partial charge is 0.338 e. The zero-order valence-electron chi connectivity index (χ0n) is 14.9. The maximum Gasteiger partial charge on any atom is 0.338 e. The molecule has 0 amide bonds. The van der Waals surface area contributed by atoms with Crippen molar-refractivity contribution in [2.75, 3.05) is 7.11 Å². The van der Waals surface area contributed by atoms with Gasteiger partial charge in [-0.2, -0.15) is 0 Å². The molecule has 0 atom stereocenters. The third-order valence-corrected chi connectivity index (χ3v) is 4.98. The van der Waals surface area contributed by atoms with Gasteiger partial charge in [0, 0.05) is 12.3 Å². The van der Waals surface area contributed by atoms with Crippen LogP contribution in [0.4, 0.5) is 4.39 Å². The van der Waals surface area contributed by atoms with E-state index in [1.807, 2.05) is 17.6 Å². The number of furan rings is 1. The summed E-state index contributed by atoms with van der Waals surface area (Å²) in [5.41, 5.74) is 1.71. The monoisotopic (exact) mass is 387 g/mol. The highest BCUT2D eigenvalue weighted by atomic mass is 32.2. The molecule has 0 spiro atoms. The Hall–Kier alpha value is -2.87. The highest BCUT2D eigenvalue weighted by Crippen LogP contribution is 2.29. The van der Waals surface area contributed by atoms with E-state index < -0.39 is 11.8 Å². The predicted octanol–water partition coefficient (Wildman–Crippen LogP) is 4.25. The average Bonchev–Trinajstić information content (AvgIpc) is 3.26. The van der Waals surface area contributed by atoms with E-state index in [4.69, 9.17) is 9.15 Å². The first-order valence-corrected chi connectivity index (χ1v) is 9.11. The third kappa shape index (κ3) is 3.95. The number of aryl methyl sites for hydroxylation is 1. The fraction of sp³-hybridized carbons (Fsp3) is 0.211. The second kappa shape index (κ2) is 8.22. The molecule has 1 aromatic carbocycles. The Morgan fingerprint density at radius 2 is 2.22 bits per heavy atom. The first-order valence-electron chi connectivity index (χ1n) is 8.13. The van der Waals surface area contributed by atoms with Crippen LogP contribution in [0.2, 0.25) is 0 Å². The van der Waals surface area contributed by atoms with E-state index >= 15 is 0 Å². The zero-order chi connectivity index (χ0) is 19.4. The average molecular weight is 387 g/mol. The van der Waals surface area contributed by atoms with Crippen molar-refractivity contribution in [3.63, 3.8) is 0 Å². The molecule has 0 aliphatic heterocycles. The van der Waals surface area contributed by atoms with Gasteiger partial charge in [0.05, 0.1) is 24.5 Å². The van der Waals surface area contributed by atoms with Gasteiger partial charge < -0.3 is 9.15 Å². The second-order valence-corrected chi connectivity index (χ2v) is 6.62. The summed E-state index contributed by atoms with van der Waals surface area (Å²) in [6.45, 7) is 6.16. The summed E-state index contributed by atoms with van der Waals surface area (Å²) in [5.74, 6) is 0.764. The Bertz CT molecular complexity index is 980. The van der Waals surface area contributed by atoms with Gasteiger partial charge >= 0.3 is 5.97 Å². The molecule has 3 rings (SSSR count). The maximum atomic E-state index is 13.5. The van der Waals surface area contributed by atoms with Crippen LogP contribution in [-0.4, -0.2) is 27.8 Å². The largest absolute Gasteiger partial charge is 0.469 e. The Morgan fingerprint density at radius 1 is 1.41 bits per heavy atom. The van der Waals surface area contributed by atoms with Crippen molar-refractivity contribution >= 4 is 17.7 Å². The van der Waals surface area contributed by atoms with E-state index in [2.05, 4.69) is 16.8 Å². The molecule has 0 radical (unpaired) electrons. The van der Waals surface area contributed by atoms with Crippen LogP contribution in [0.1, 0.15) is 21.7 Å². The quantitative estimate of drug-likeness (QED) is 0.343.